The Morgan fingerprint density at radius 3 is 2.93 bits per heavy atom. The second kappa shape index (κ2) is 3.12. The molecule has 14 heavy (non-hydrogen) atoms. The number of hydrogen-bond acceptors (Lipinski definition) is 1. The number of nitrogens with zero attached hydrogens (tertiary/aromatic N) is 2. The van der Waals surface area contributed by atoms with Crippen LogP contribution in [0.4, 0.5) is 0 Å². The Hall–Kier alpha value is -1.31. The van der Waals surface area contributed by atoms with Crippen molar-refractivity contribution in [2.75, 3.05) is 0 Å². The number of fused-ring (bicyclic) bond motifs is 1. The Balaban J connectivity index is 1.95. The second-order valence-corrected chi connectivity index (χ2v) is 4.18. The molecule has 72 valence electrons. The monoisotopic (exact) mass is 186 g/mol. The molecule has 1 aromatic carbocycles. The first-order valence-corrected chi connectivity index (χ1v) is 5.34. The highest BCUT2D eigenvalue weighted by atomic mass is 15.3. The molecule has 0 unspecified atom stereocenters. The molecule has 2 nitrogen and oxygen atoms in total. The zero-order chi connectivity index (χ0) is 9.38. The van der Waals surface area contributed by atoms with Crippen LogP contribution in [0, 0.1) is 5.92 Å². The van der Waals surface area contributed by atoms with Crippen molar-refractivity contribution in [1.29, 1.82) is 0 Å². The quantitative estimate of drug-likeness (QED) is 0.705. The molecule has 0 atom stereocenters. The molecule has 1 saturated carbocycles. The molecule has 0 amide bonds. The van der Waals surface area contributed by atoms with Crippen LogP contribution < -0.4 is 0 Å². The topological polar surface area (TPSA) is 17.8 Å². The van der Waals surface area contributed by atoms with E-state index in [0.29, 0.717) is 0 Å². The first-order chi connectivity index (χ1) is 6.93. The van der Waals surface area contributed by atoms with Gasteiger partial charge in [-0.2, -0.15) is 5.10 Å². The lowest BCUT2D eigenvalue weighted by Crippen LogP contribution is -2.18. The SMILES string of the molecule is c1ccc2c(c1)cnn2CC1CCC1. The van der Waals surface area contributed by atoms with Gasteiger partial charge in [-0.1, -0.05) is 24.6 Å². The molecule has 1 aliphatic carbocycles. The van der Waals surface area contributed by atoms with E-state index in [9.17, 15) is 0 Å². The fraction of sp³-hybridized carbons (Fsp3) is 0.417. The van der Waals surface area contributed by atoms with Crippen molar-refractivity contribution in [1.82, 2.24) is 9.78 Å². The van der Waals surface area contributed by atoms with Crippen molar-refractivity contribution in [2.45, 2.75) is 25.8 Å². The molecule has 1 fully saturated rings. The molecule has 0 N–H and O–H groups in total. The number of hydrogen-bond donors (Lipinski definition) is 0. The predicted molar refractivity (Wildman–Crippen MR) is 57.1 cm³/mol. The van der Waals surface area contributed by atoms with Gasteiger partial charge in [0.15, 0.2) is 0 Å². The van der Waals surface area contributed by atoms with Crippen LogP contribution in [0.1, 0.15) is 19.3 Å². The van der Waals surface area contributed by atoms with Gasteiger partial charge in [0.05, 0.1) is 11.7 Å². The van der Waals surface area contributed by atoms with Crippen LogP contribution in [0.3, 0.4) is 0 Å². The Kier molecular flexibility index (Phi) is 1.79. The van der Waals surface area contributed by atoms with Crippen LogP contribution in [-0.2, 0) is 6.54 Å². The summed E-state index contributed by atoms with van der Waals surface area (Å²) in [6, 6.07) is 8.43. The smallest absolute Gasteiger partial charge is 0.0682 e. The average Bonchev–Trinajstić information content (AvgIpc) is 2.55. The Morgan fingerprint density at radius 2 is 2.14 bits per heavy atom. The van der Waals surface area contributed by atoms with Gasteiger partial charge < -0.3 is 0 Å². The van der Waals surface area contributed by atoms with E-state index in [2.05, 4.69) is 34.0 Å². The first kappa shape index (κ1) is 8.04. The number of aromatic nitrogens is 2. The van der Waals surface area contributed by atoms with Gasteiger partial charge in [-0.25, -0.2) is 0 Å². The minimum absolute atomic E-state index is 0.873. The maximum Gasteiger partial charge on any atom is 0.0682 e. The van der Waals surface area contributed by atoms with Gasteiger partial charge in [0.25, 0.3) is 0 Å². The van der Waals surface area contributed by atoms with Crippen molar-refractivity contribution in [3.8, 4) is 0 Å². The zero-order valence-electron chi connectivity index (χ0n) is 8.19. The van der Waals surface area contributed by atoms with Crippen molar-refractivity contribution in [3.05, 3.63) is 30.5 Å². The summed E-state index contributed by atoms with van der Waals surface area (Å²) in [5, 5.41) is 5.69. The predicted octanol–water partition coefficient (Wildman–Crippen LogP) is 2.84. The molecule has 0 bridgehead atoms. The lowest BCUT2D eigenvalue weighted by atomic mass is 9.85. The molecule has 2 aromatic rings. The lowest BCUT2D eigenvalue weighted by molar-refractivity contribution is 0.270. The van der Waals surface area contributed by atoms with E-state index in [1.165, 1.54) is 30.2 Å². The van der Waals surface area contributed by atoms with Gasteiger partial charge in [0, 0.05) is 11.9 Å². The largest absolute Gasteiger partial charge is 0.265 e. The zero-order valence-corrected chi connectivity index (χ0v) is 8.19. The normalized spacial score (nSPS) is 17.1. The third-order valence-corrected chi connectivity index (χ3v) is 3.21. The van der Waals surface area contributed by atoms with Gasteiger partial charge in [-0.15, -0.1) is 0 Å². The van der Waals surface area contributed by atoms with Gasteiger partial charge in [-0.3, -0.25) is 4.68 Å². The summed E-state index contributed by atoms with van der Waals surface area (Å²) in [6.45, 7) is 1.10. The molecule has 2 heteroatoms. The van der Waals surface area contributed by atoms with Crippen LogP contribution in [0.5, 0.6) is 0 Å². The van der Waals surface area contributed by atoms with E-state index in [4.69, 9.17) is 0 Å². The summed E-state index contributed by atoms with van der Waals surface area (Å²) in [7, 11) is 0. The number of benzene rings is 1. The van der Waals surface area contributed by atoms with Crippen LogP contribution in [0.25, 0.3) is 10.9 Å². The third-order valence-electron chi connectivity index (χ3n) is 3.21. The maximum absolute atomic E-state index is 4.43. The van der Waals surface area contributed by atoms with E-state index in [1.54, 1.807) is 0 Å². The van der Waals surface area contributed by atoms with Gasteiger partial charge in [-0.05, 0) is 24.8 Å². The minimum atomic E-state index is 0.873. The number of para-hydroxylation sites is 1. The van der Waals surface area contributed by atoms with E-state index in [1.807, 2.05) is 6.20 Å². The molecule has 3 rings (SSSR count). The summed E-state index contributed by atoms with van der Waals surface area (Å²) in [4.78, 5) is 0. The molecule has 0 spiro atoms. The lowest BCUT2D eigenvalue weighted by Gasteiger charge is -2.25. The number of rotatable bonds is 2. The molecule has 0 radical (unpaired) electrons. The van der Waals surface area contributed by atoms with Crippen molar-refractivity contribution in [3.63, 3.8) is 0 Å². The van der Waals surface area contributed by atoms with E-state index in [-0.39, 0.29) is 0 Å². The average molecular weight is 186 g/mol. The highest BCUT2D eigenvalue weighted by molar-refractivity contribution is 5.78. The Morgan fingerprint density at radius 1 is 1.29 bits per heavy atom. The van der Waals surface area contributed by atoms with Crippen molar-refractivity contribution in [2.24, 2.45) is 5.92 Å². The van der Waals surface area contributed by atoms with Crippen LogP contribution in [-0.4, -0.2) is 9.78 Å². The van der Waals surface area contributed by atoms with Crippen molar-refractivity contribution >= 4 is 10.9 Å². The molecule has 0 saturated heterocycles. The molecule has 0 aliphatic heterocycles. The van der Waals surface area contributed by atoms with E-state index >= 15 is 0 Å². The molecular weight excluding hydrogens is 172 g/mol. The summed E-state index contributed by atoms with van der Waals surface area (Å²) in [5.41, 5.74) is 1.28. The third kappa shape index (κ3) is 1.22. The summed E-state index contributed by atoms with van der Waals surface area (Å²) >= 11 is 0. The highest BCUT2D eigenvalue weighted by Crippen LogP contribution is 2.28. The highest BCUT2D eigenvalue weighted by Gasteiger charge is 2.18. The molecular formula is C12H14N2. The minimum Gasteiger partial charge on any atom is -0.265 e. The molecule has 1 heterocycles. The summed E-state index contributed by atoms with van der Waals surface area (Å²) < 4.78 is 2.15. The van der Waals surface area contributed by atoms with Crippen LogP contribution in [0.2, 0.25) is 0 Å². The first-order valence-electron chi connectivity index (χ1n) is 5.34. The second-order valence-electron chi connectivity index (χ2n) is 4.18. The van der Waals surface area contributed by atoms with Crippen LogP contribution >= 0.6 is 0 Å². The van der Waals surface area contributed by atoms with Crippen molar-refractivity contribution < 1.29 is 0 Å². The Bertz CT molecular complexity index is 440. The summed E-state index contributed by atoms with van der Waals surface area (Å²) in [5.74, 6) is 0.873. The molecule has 1 aromatic heterocycles. The fourth-order valence-electron chi connectivity index (χ4n) is 2.09. The maximum atomic E-state index is 4.43. The van der Waals surface area contributed by atoms with Crippen LogP contribution in [0.15, 0.2) is 30.5 Å². The summed E-state index contributed by atoms with van der Waals surface area (Å²) in [6.07, 6.45) is 6.14. The van der Waals surface area contributed by atoms with Gasteiger partial charge >= 0.3 is 0 Å². The Labute approximate surface area is 83.5 Å². The van der Waals surface area contributed by atoms with Gasteiger partial charge in [0.1, 0.15) is 0 Å². The standard InChI is InChI=1S/C12H14N2/c1-2-7-12-11(6-1)8-13-14(12)9-10-4-3-5-10/h1-2,6-8,10H,3-5,9H2. The van der Waals surface area contributed by atoms with E-state index in [0.717, 1.165) is 12.5 Å². The molecule has 1 aliphatic rings. The fourth-order valence-corrected chi connectivity index (χ4v) is 2.09. The van der Waals surface area contributed by atoms with Gasteiger partial charge in [0.2, 0.25) is 0 Å². The van der Waals surface area contributed by atoms with E-state index < -0.39 is 0 Å².